The topological polar surface area (TPSA) is 114 Å². The number of aliphatic hydroxyl groups excluding tert-OH is 1. The highest BCUT2D eigenvalue weighted by atomic mass is 32.2. The van der Waals surface area contributed by atoms with Gasteiger partial charge in [0.05, 0.1) is 19.1 Å². The van der Waals surface area contributed by atoms with Gasteiger partial charge in [0.25, 0.3) is 5.91 Å². The van der Waals surface area contributed by atoms with Crippen LogP contribution in [-0.4, -0.2) is 70.3 Å². The van der Waals surface area contributed by atoms with Gasteiger partial charge < -0.3 is 24.6 Å². The number of aliphatic hydroxyl groups is 1. The molecule has 0 aliphatic carbocycles. The molecule has 2 rings (SSSR count). The van der Waals surface area contributed by atoms with Crippen LogP contribution in [-0.2, 0) is 10.0 Å². The highest BCUT2D eigenvalue weighted by molar-refractivity contribution is 7.89. The fraction of sp³-hybridized carbons (Fsp3) is 0.409. The van der Waals surface area contributed by atoms with E-state index < -0.39 is 22.0 Å². The van der Waals surface area contributed by atoms with Crippen LogP contribution in [0, 0.1) is 0 Å². The molecule has 1 unspecified atom stereocenters. The number of carbonyl (C=O) groups is 1. The Morgan fingerprint density at radius 1 is 1.09 bits per heavy atom. The third kappa shape index (κ3) is 6.12. The second-order valence-corrected chi connectivity index (χ2v) is 9.31. The van der Waals surface area contributed by atoms with Crippen molar-refractivity contribution < 1.29 is 32.5 Å². The molecule has 0 saturated carbocycles. The molecule has 0 radical (unpaired) electrons. The van der Waals surface area contributed by atoms with Gasteiger partial charge in [-0.15, -0.1) is 0 Å². The van der Waals surface area contributed by atoms with E-state index in [0.29, 0.717) is 17.2 Å². The maximum absolute atomic E-state index is 12.7. The van der Waals surface area contributed by atoms with E-state index in [4.69, 9.17) is 14.2 Å². The fourth-order valence-corrected chi connectivity index (χ4v) is 4.17. The zero-order chi connectivity index (χ0) is 23.9. The first kappa shape index (κ1) is 25.4. The molecule has 0 bridgehead atoms. The molecule has 2 aromatic carbocycles. The lowest BCUT2D eigenvalue weighted by molar-refractivity contribution is 0.0833. The van der Waals surface area contributed by atoms with E-state index in [2.05, 4.69) is 5.32 Å². The van der Waals surface area contributed by atoms with Crippen molar-refractivity contribution in [3.05, 3.63) is 48.0 Å². The molecule has 0 spiro atoms. The molecule has 0 fully saturated rings. The Balaban J connectivity index is 2.00. The molecule has 0 aliphatic heterocycles. The SMILES string of the molecule is COc1cccc(OC)c1OCC(O)CNC(=O)c1cccc(S(=O)(=O)N(C)C(C)C)c1. The summed E-state index contributed by atoms with van der Waals surface area (Å²) in [5, 5.41) is 12.8. The summed E-state index contributed by atoms with van der Waals surface area (Å²) in [6.45, 7) is 3.31. The van der Waals surface area contributed by atoms with Crippen LogP contribution < -0.4 is 19.5 Å². The fourth-order valence-electron chi connectivity index (χ4n) is 2.75. The molecule has 2 N–H and O–H groups in total. The minimum atomic E-state index is -3.72. The van der Waals surface area contributed by atoms with Crippen molar-refractivity contribution in [2.24, 2.45) is 0 Å². The zero-order valence-electron chi connectivity index (χ0n) is 18.9. The van der Waals surface area contributed by atoms with E-state index in [1.54, 1.807) is 32.0 Å². The summed E-state index contributed by atoms with van der Waals surface area (Å²) in [5.41, 5.74) is 0.169. The van der Waals surface area contributed by atoms with Crippen molar-refractivity contribution in [3.8, 4) is 17.2 Å². The first-order valence-corrected chi connectivity index (χ1v) is 11.4. The van der Waals surface area contributed by atoms with Crippen molar-refractivity contribution in [2.75, 3.05) is 34.4 Å². The number of ether oxygens (including phenoxy) is 3. The second-order valence-electron chi connectivity index (χ2n) is 7.31. The normalized spacial score (nSPS) is 12.5. The van der Waals surface area contributed by atoms with Gasteiger partial charge in [-0.3, -0.25) is 4.79 Å². The van der Waals surface area contributed by atoms with Gasteiger partial charge in [-0.2, -0.15) is 4.31 Å². The van der Waals surface area contributed by atoms with Crippen molar-refractivity contribution in [1.82, 2.24) is 9.62 Å². The van der Waals surface area contributed by atoms with Gasteiger partial charge in [-0.05, 0) is 44.2 Å². The largest absolute Gasteiger partial charge is 0.493 e. The molecule has 9 nitrogen and oxygen atoms in total. The summed E-state index contributed by atoms with van der Waals surface area (Å²) in [6.07, 6.45) is -1.02. The third-order valence-corrected chi connectivity index (χ3v) is 6.83. The molecular formula is C22H30N2O7S. The number of hydrogen-bond acceptors (Lipinski definition) is 7. The molecular weight excluding hydrogens is 436 g/mol. The van der Waals surface area contributed by atoms with Crippen molar-refractivity contribution >= 4 is 15.9 Å². The number of nitrogens with zero attached hydrogens (tertiary/aromatic N) is 1. The molecule has 176 valence electrons. The van der Waals surface area contributed by atoms with Gasteiger partial charge in [0.1, 0.15) is 12.7 Å². The summed E-state index contributed by atoms with van der Waals surface area (Å²) in [7, 11) is 0.751. The number of carbonyl (C=O) groups excluding carboxylic acids is 1. The van der Waals surface area contributed by atoms with Crippen LogP contribution in [0.15, 0.2) is 47.4 Å². The Hall–Kier alpha value is -2.82. The van der Waals surface area contributed by atoms with Crippen LogP contribution >= 0.6 is 0 Å². The molecule has 0 aromatic heterocycles. The standard InChI is InChI=1S/C22H30N2O7S/c1-15(2)24(3)32(27,28)18-9-6-8-16(12-18)22(26)23-13-17(25)14-31-21-19(29-4)10-7-11-20(21)30-5/h6-12,15,17,25H,13-14H2,1-5H3,(H,23,26). The van der Waals surface area contributed by atoms with Gasteiger partial charge in [-0.25, -0.2) is 8.42 Å². The van der Waals surface area contributed by atoms with Gasteiger partial charge in [0.2, 0.25) is 15.8 Å². The predicted octanol–water partition coefficient (Wildman–Crippen LogP) is 1.90. The third-order valence-electron chi connectivity index (χ3n) is 4.80. The lowest BCUT2D eigenvalue weighted by atomic mass is 10.2. The number of methoxy groups -OCH3 is 2. The quantitative estimate of drug-likeness (QED) is 0.520. The van der Waals surface area contributed by atoms with E-state index in [-0.39, 0.29) is 29.7 Å². The Morgan fingerprint density at radius 3 is 2.25 bits per heavy atom. The Bertz CT molecular complexity index is 1000. The summed E-state index contributed by atoms with van der Waals surface area (Å²) in [5.74, 6) is 0.730. The van der Waals surface area contributed by atoms with E-state index in [1.807, 2.05) is 0 Å². The van der Waals surface area contributed by atoms with Crippen molar-refractivity contribution in [3.63, 3.8) is 0 Å². The molecule has 1 amide bonds. The Morgan fingerprint density at radius 2 is 1.69 bits per heavy atom. The number of rotatable bonds is 11. The van der Waals surface area contributed by atoms with Crippen molar-refractivity contribution in [1.29, 1.82) is 0 Å². The predicted molar refractivity (Wildman–Crippen MR) is 120 cm³/mol. The van der Waals surface area contributed by atoms with Gasteiger partial charge >= 0.3 is 0 Å². The van der Waals surface area contributed by atoms with E-state index in [1.165, 1.54) is 49.8 Å². The van der Waals surface area contributed by atoms with Crippen LogP contribution in [0.4, 0.5) is 0 Å². The molecule has 32 heavy (non-hydrogen) atoms. The Labute approximate surface area is 189 Å². The lowest BCUT2D eigenvalue weighted by Crippen LogP contribution is -2.35. The van der Waals surface area contributed by atoms with E-state index in [9.17, 15) is 18.3 Å². The monoisotopic (exact) mass is 466 g/mol. The average Bonchev–Trinajstić information content (AvgIpc) is 2.80. The van der Waals surface area contributed by atoms with Gasteiger partial charge in [0, 0.05) is 25.2 Å². The lowest BCUT2D eigenvalue weighted by Gasteiger charge is -2.21. The number of amides is 1. The highest BCUT2D eigenvalue weighted by Crippen LogP contribution is 2.36. The number of nitrogens with one attached hydrogen (secondary N) is 1. The summed E-state index contributed by atoms with van der Waals surface area (Å²) in [4.78, 5) is 12.5. The molecule has 10 heteroatoms. The molecule has 1 atom stereocenters. The van der Waals surface area contributed by atoms with Gasteiger partial charge in [0.15, 0.2) is 11.5 Å². The first-order chi connectivity index (χ1) is 15.1. The molecule has 2 aromatic rings. The van der Waals surface area contributed by atoms with Crippen LogP contribution in [0.1, 0.15) is 24.2 Å². The van der Waals surface area contributed by atoms with E-state index in [0.717, 1.165) is 0 Å². The van der Waals surface area contributed by atoms with Crippen LogP contribution in [0.3, 0.4) is 0 Å². The number of benzene rings is 2. The zero-order valence-corrected chi connectivity index (χ0v) is 19.7. The second kappa shape index (κ2) is 11.2. The molecule has 0 saturated heterocycles. The minimum Gasteiger partial charge on any atom is -0.493 e. The summed E-state index contributed by atoms with van der Waals surface area (Å²) >= 11 is 0. The number of sulfonamides is 1. The molecule has 0 heterocycles. The molecule has 0 aliphatic rings. The van der Waals surface area contributed by atoms with Crippen LogP contribution in [0.2, 0.25) is 0 Å². The van der Waals surface area contributed by atoms with Crippen LogP contribution in [0.5, 0.6) is 17.2 Å². The summed E-state index contributed by atoms with van der Waals surface area (Å²) in [6, 6.07) is 10.7. The van der Waals surface area contributed by atoms with Crippen LogP contribution in [0.25, 0.3) is 0 Å². The van der Waals surface area contributed by atoms with E-state index >= 15 is 0 Å². The maximum atomic E-state index is 12.7. The number of para-hydroxylation sites is 1. The number of hydrogen-bond donors (Lipinski definition) is 2. The summed E-state index contributed by atoms with van der Waals surface area (Å²) < 4.78 is 42.6. The Kier molecular flexibility index (Phi) is 8.88. The smallest absolute Gasteiger partial charge is 0.251 e. The van der Waals surface area contributed by atoms with Gasteiger partial charge in [-0.1, -0.05) is 12.1 Å². The highest BCUT2D eigenvalue weighted by Gasteiger charge is 2.24. The van der Waals surface area contributed by atoms with Crippen molar-refractivity contribution in [2.45, 2.75) is 30.9 Å². The maximum Gasteiger partial charge on any atom is 0.251 e. The first-order valence-electron chi connectivity index (χ1n) is 10.00. The average molecular weight is 467 g/mol. The minimum absolute atomic E-state index is 0.0218.